The zero-order valence-corrected chi connectivity index (χ0v) is 15.5. The molecule has 0 radical (unpaired) electrons. The van der Waals surface area contributed by atoms with Crippen molar-refractivity contribution < 1.29 is 28.2 Å². The van der Waals surface area contributed by atoms with Gasteiger partial charge >= 0.3 is 5.97 Å². The lowest BCUT2D eigenvalue weighted by molar-refractivity contribution is -0.141. The molecule has 27 heavy (non-hydrogen) atoms. The van der Waals surface area contributed by atoms with Gasteiger partial charge in [-0.25, -0.2) is 4.39 Å². The summed E-state index contributed by atoms with van der Waals surface area (Å²) in [5.41, 5.74) is 1.34. The van der Waals surface area contributed by atoms with Gasteiger partial charge in [-0.2, -0.15) is 0 Å². The van der Waals surface area contributed by atoms with Crippen molar-refractivity contribution >= 4 is 11.9 Å². The molecule has 1 atom stereocenters. The normalized spacial score (nSPS) is 11.4. The van der Waals surface area contributed by atoms with Gasteiger partial charge < -0.3 is 19.5 Å². The molecule has 1 N–H and O–H groups in total. The number of rotatable bonds is 8. The summed E-state index contributed by atoms with van der Waals surface area (Å²) < 4.78 is 28.3. The minimum Gasteiger partial charge on any atom is -0.493 e. The minimum atomic E-state index is -0.620. The second-order valence-electron chi connectivity index (χ2n) is 5.82. The molecule has 144 valence electrons. The van der Waals surface area contributed by atoms with E-state index in [9.17, 15) is 14.0 Å². The van der Waals surface area contributed by atoms with Gasteiger partial charge in [-0.3, -0.25) is 9.59 Å². The molecule has 1 amide bonds. The molecule has 0 fully saturated rings. The maximum absolute atomic E-state index is 13.2. The van der Waals surface area contributed by atoms with Crippen LogP contribution < -0.4 is 14.8 Å². The summed E-state index contributed by atoms with van der Waals surface area (Å²) in [7, 11) is 4.32. The zero-order chi connectivity index (χ0) is 19.8. The Morgan fingerprint density at radius 2 is 1.67 bits per heavy atom. The van der Waals surface area contributed by atoms with Gasteiger partial charge in [0.25, 0.3) is 0 Å². The van der Waals surface area contributed by atoms with Crippen molar-refractivity contribution in [1.82, 2.24) is 5.32 Å². The third-order valence-corrected chi connectivity index (χ3v) is 4.02. The fourth-order valence-electron chi connectivity index (χ4n) is 2.62. The summed E-state index contributed by atoms with van der Waals surface area (Å²) in [6.45, 7) is 0. The number of esters is 1. The smallest absolute Gasteiger partial charge is 0.307 e. The van der Waals surface area contributed by atoms with E-state index in [2.05, 4.69) is 10.1 Å². The second kappa shape index (κ2) is 9.56. The first-order valence-corrected chi connectivity index (χ1v) is 8.29. The van der Waals surface area contributed by atoms with Crippen molar-refractivity contribution in [1.29, 1.82) is 0 Å². The highest BCUT2D eigenvalue weighted by Crippen LogP contribution is 2.28. The number of ether oxygens (including phenoxy) is 3. The molecule has 2 aromatic rings. The van der Waals surface area contributed by atoms with E-state index in [4.69, 9.17) is 9.47 Å². The van der Waals surface area contributed by atoms with Gasteiger partial charge in [0.05, 0.1) is 40.2 Å². The largest absolute Gasteiger partial charge is 0.493 e. The van der Waals surface area contributed by atoms with Crippen LogP contribution in [-0.4, -0.2) is 33.2 Å². The second-order valence-corrected chi connectivity index (χ2v) is 5.82. The standard InChI is InChI=1S/C20H22FNO5/c1-25-17-9-4-13(10-18(17)26-2)11-19(23)22-16(12-20(24)27-3)14-5-7-15(21)8-6-14/h4-10,16H,11-12H2,1-3H3,(H,22,23)/t16-/m0/s1. The molecule has 2 rings (SSSR count). The van der Waals surface area contributed by atoms with Gasteiger partial charge in [0.15, 0.2) is 11.5 Å². The van der Waals surface area contributed by atoms with Crippen molar-refractivity contribution in [2.24, 2.45) is 0 Å². The Balaban J connectivity index is 2.13. The molecule has 0 saturated heterocycles. The predicted molar refractivity (Wildman–Crippen MR) is 97.2 cm³/mol. The number of nitrogens with one attached hydrogen (secondary N) is 1. The van der Waals surface area contributed by atoms with Gasteiger partial charge in [-0.05, 0) is 35.4 Å². The number of hydrogen-bond donors (Lipinski definition) is 1. The van der Waals surface area contributed by atoms with E-state index < -0.39 is 17.8 Å². The average molecular weight is 375 g/mol. The molecule has 7 heteroatoms. The topological polar surface area (TPSA) is 73.9 Å². The van der Waals surface area contributed by atoms with E-state index in [1.807, 2.05) is 0 Å². The third-order valence-electron chi connectivity index (χ3n) is 4.02. The third kappa shape index (κ3) is 5.70. The molecular weight excluding hydrogens is 353 g/mol. The number of amides is 1. The van der Waals surface area contributed by atoms with E-state index in [0.29, 0.717) is 17.1 Å². The first-order chi connectivity index (χ1) is 13.0. The Kier molecular flexibility index (Phi) is 7.16. The van der Waals surface area contributed by atoms with Crippen LogP contribution in [0.25, 0.3) is 0 Å². The Morgan fingerprint density at radius 3 is 2.26 bits per heavy atom. The maximum Gasteiger partial charge on any atom is 0.307 e. The van der Waals surface area contributed by atoms with Crippen LogP contribution in [0.4, 0.5) is 4.39 Å². The summed E-state index contributed by atoms with van der Waals surface area (Å²) in [5, 5.41) is 2.80. The Labute approximate surface area is 157 Å². The highest BCUT2D eigenvalue weighted by molar-refractivity contribution is 5.80. The van der Waals surface area contributed by atoms with Crippen LogP contribution in [0.2, 0.25) is 0 Å². The zero-order valence-electron chi connectivity index (χ0n) is 15.5. The molecule has 0 aliphatic heterocycles. The molecule has 0 aliphatic carbocycles. The molecule has 0 aromatic heterocycles. The lowest BCUT2D eigenvalue weighted by atomic mass is 10.0. The lowest BCUT2D eigenvalue weighted by Crippen LogP contribution is -2.31. The van der Waals surface area contributed by atoms with Crippen LogP contribution >= 0.6 is 0 Å². The fraction of sp³-hybridized carbons (Fsp3) is 0.300. The Morgan fingerprint density at radius 1 is 1.00 bits per heavy atom. The number of halogens is 1. The van der Waals surface area contributed by atoms with Gasteiger partial charge in [0.1, 0.15) is 5.82 Å². The number of hydrogen-bond acceptors (Lipinski definition) is 5. The van der Waals surface area contributed by atoms with Gasteiger partial charge in [-0.15, -0.1) is 0 Å². The quantitative estimate of drug-likeness (QED) is 0.718. The van der Waals surface area contributed by atoms with Gasteiger partial charge in [0, 0.05) is 0 Å². The summed E-state index contributed by atoms with van der Waals surface area (Å²) >= 11 is 0. The average Bonchev–Trinajstić information content (AvgIpc) is 2.67. The Hall–Kier alpha value is -3.09. The molecule has 2 aromatic carbocycles. The highest BCUT2D eigenvalue weighted by Gasteiger charge is 2.19. The van der Waals surface area contributed by atoms with Crippen LogP contribution in [0.3, 0.4) is 0 Å². The molecule has 0 saturated carbocycles. The highest BCUT2D eigenvalue weighted by atomic mass is 19.1. The number of carbonyl (C=O) groups is 2. The van der Waals surface area contributed by atoms with Crippen molar-refractivity contribution in [3.8, 4) is 11.5 Å². The maximum atomic E-state index is 13.2. The molecule has 0 bridgehead atoms. The summed E-state index contributed by atoms with van der Waals surface area (Å²) in [5.74, 6) is -0.0765. The summed E-state index contributed by atoms with van der Waals surface area (Å²) in [6.07, 6.45) is 0.0268. The van der Waals surface area contributed by atoms with Crippen molar-refractivity contribution in [3.63, 3.8) is 0 Å². The summed E-state index contributed by atoms with van der Waals surface area (Å²) in [4.78, 5) is 24.2. The van der Waals surface area contributed by atoms with Crippen LogP contribution in [-0.2, 0) is 20.7 Å². The SMILES string of the molecule is COC(=O)C[C@H](NC(=O)Cc1ccc(OC)c(OC)c1)c1ccc(F)cc1. The van der Waals surface area contributed by atoms with E-state index in [1.165, 1.54) is 45.6 Å². The van der Waals surface area contributed by atoms with Gasteiger partial charge in [-0.1, -0.05) is 18.2 Å². The van der Waals surface area contributed by atoms with Crippen molar-refractivity contribution in [2.45, 2.75) is 18.9 Å². The van der Waals surface area contributed by atoms with Crippen LogP contribution in [0.1, 0.15) is 23.6 Å². The molecule has 0 spiro atoms. The fourth-order valence-corrected chi connectivity index (χ4v) is 2.62. The predicted octanol–water partition coefficient (Wildman–Crippen LogP) is 2.81. The van der Waals surface area contributed by atoms with Crippen molar-refractivity contribution in [3.05, 3.63) is 59.4 Å². The molecular formula is C20H22FNO5. The molecule has 0 aliphatic rings. The summed E-state index contributed by atoms with van der Waals surface area (Å²) in [6, 6.07) is 10.2. The molecule has 0 heterocycles. The first-order valence-electron chi connectivity index (χ1n) is 8.29. The van der Waals surface area contributed by atoms with E-state index in [-0.39, 0.29) is 18.7 Å². The lowest BCUT2D eigenvalue weighted by Gasteiger charge is -2.18. The number of methoxy groups -OCH3 is 3. The number of benzene rings is 2. The van der Waals surface area contributed by atoms with Crippen LogP contribution in [0.5, 0.6) is 11.5 Å². The minimum absolute atomic E-state index is 0.0557. The number of carbonyl (C=O) groups excluding carboxylic acids is 2. The van der Waals surface area contributed by atoms with Gasteiger partial charge in [0.2, 0.25) is 5.91 Å². The van der Waals surface area contributed by atoms with Crippen LogP contribution in [0.15, 0.2) is 42.5 Å². The van der Waals surface area contributed by atoms with E-state index >= 15 is 0 Å². The molecule has 6 nitrogen and oxygen atoms in total. The Bertz CT molecular complexity index is 791. The van der Waals surface area contributed by atoms with E-state index in [0.717, 1.165) is 5.56 Å². The first kappa shape index (κ1) is 20.2. The van der Waals surface area contributed by atoms with Crippen molar-refractivity contribution in [2.75, 3.05) is 21.3 Å². The van der Waals surface area contributed by atoms with E-state index in [1.54, 1.807) is 18.2 Å². The van der Waals surface area contributed by atoms with Crippen LogP contribution in [0, 0.1) is 5.82 Å². The molecule has 0 unspecified atom stereocenters. The monoisotopic (exact) mass is 375 g/mol.